The Bertz CT molecular complexity index is 777. The van der Waals surface area contributed by atoms with Gasteiger partial charge in [0.05, 0.1) is 17.7 Å². The lowest BCUT2D eigenvalue weighted by molar-refractivity contribution is -0.128. The van der Waals surface area contributed by atoms with Crippen LogP contribution in [0.25, 0.3) is 10.2 Å². The van der Waals surface area contributed by atoms with E-state index in [0.29, 0.717) is 40.6 Å². The van der Waals surface area contributed by atoms with Crippen molar-refractivity contribution in [2.75, 3.05) is 25.5 Å². The average Bonchev–Trinajstić information content (AvgIpc) is 3.12. The lowest BCUT2D eigenvalue weighted by atomic mass is 10.1. The van der Waals surface area contributed by atoms with Crippen LogP contribution < -0.4 is 10.1 Å². The number of nitrogens with one attached hydrogen (secondary N) is 1. The number of anilines is 1. The van der Waals surface area contributed by atoms with Crippen LogP contribution in [0.4, 0.5) is 9.52 Å². The number of methoxy groups -OCH3 is 1. The van der Waals surface area contributed by atoms with Crippen molar-refractivity contribution in [1.82, 2.24) is 9.88 Å². The molecular weight excluding hydrogens is 321 g/mol. The smallest absolute Gasteiger partial charge is 0.231 e. The number of rotatable bonds is 3. The van der Waals surface area contributed by atoms with Crippen LogP contribution in [0.3, 0.4) is 0 Å². The second-order valence-electron chi connectivity index (χ2n) is 5.41. The Balaban J connectivity index is 1.77. The average molecular weight is 337 g/mol. The third-order valence-electron chi connectivity index (χ3n) is 3.88. The molecule has 0 saturated carbocycles. The highest BCUT2D eigenvalue weighted by Gasteiger charge is 2.30. The maximum Gasteiger partial charge on any atom is 0.231 e. The van der Waals surface area contributed by atoms with Crippen LogP contribution in [-0.2, 0) is 9.59 Å². The monoisotopic (exact) mass is 337 g/mol. The van der Waals surface area contributed by atoms with Crippen LogP contribution in [0.1, 0.15) is 13.3 Å². The molecule has 1 N–H and O–H groups in total. The minimum absolute atomic E-state index is 0.0273. The molecule has 2 heterocycles. The summed E-state index contributed by atoms with van der Waals surface area (Å²) in [5, 5.41) is 3.15. The standard InChI is InChI=1S/C15H16FN3O3S/c1-8(20)19-4-3-9(7-19)14(21)18-15-17-13-11(22-2)5-10(16)6-12(13)23-15/h5-6,9H,3-4,7H2,1-2H3,(H,17,18,21). The number of hydrogen-bond donors (Lipinski definition) is 1. The molecule has 0 radical (unpaired) electrons. The molecule has 1 aliphatic heterocycles. The summed E-state index contributed by atoms with van der Waals surface area (Å²) in [6.07, 6.45) is 0.633. The van der Waals surface area contributed by atoms with E-state index in [2.05, 4.69) is 10.3 Å². The number of amides is 2. The summed E-state index contributed by atoms with van der Waals surface area (Å²) in [6.45, 7) is 2.50. The molecule has 2 amide bonds. The Labute approximate surface area is 136 Å². The molecule has 1 unspecified atom stereocenters. The number of halogens is 1. The number of ether oxygens (including phenoxy) is 1. The minimum atomic E-state index is -0.413. The van der Waals surface area contributed by atoms with E-state index in [1.165, 1.54) is 37.5 Å². The first kappa shape index (κ1) is 15.7. The summed E-state index contributed by atoms with van der Waals surface area (Å²) in [6, 6.07) is 2.62. The van der Waals surface area contributed by atoms with Gasteiger partial charge in [-0.15, -0.1) is 0 Å². The SMILES string of the molecule is COc1cc(F)cc2sc(NC(=O)C3CCN(C(C)=O)C3)nc12. The van der Waals surface area contributed by atoms with E-state index in [9.17, 15) is 14.0 Å². The summed E-state index contributed by atoms with van der Waals surface area (Å²) in [5.74, 6) is -0.526. The largest absolute Gasteiger partial charge is 0.494 e. The number of aromatic nitrogens is 1. The predicted molar refractivity (Wildman–Crippen MR) is 85.1 cm³/mol. The first-order chi connectivity index (χ1) is 11.0. The molecule has 3 rings (SSSR count). The minimum Gasteiger partial charge on any atom is -0.494 e. The van der Waals surface area contributed by atoms with Crippen molar-refractivity contribution in [2.45, 2.75) is 13.3 Å². The number of benzene rings is 1. The molecule has 122 valence electrons. The fraction of sp³-hybridized carbons (Fsp3) is 0.400. The number of carbonyl (C=O) groups excluding carboxylic acids is 2. The van der Waals surface area contributed by atoms with Crippen LogP contribution >= 0.6 is 11.3 Å². The van der Waals surface area contributed by atoms with Gasteiger partial charge in [0.2, 0.25) is 11.8 Å². The van der Waals surface area contributed by atoms with E-state index in [0.717, 1.165) is 0 Å². The van der Waals surface area contributed by atoms with E-state index >= 15 is 0 Å². The zero-order valence-corrected chi connectivity index (χ0v) is 13.6. The van der Waals surface area contributed by atoms with Crippen molar-refractivity contribution in [3.63, 3.8) is 0 Å². The van der Waals surface area contributed by atoms with Gasteiger partial charge >= 0.3 is 0 Å². The normalized spacial score (nSPS) is 17.5. The molecule has 0 spiro atoms. The quantitative estimate of drug-likeness (QED) is 0.932. The van der Waals surface area contributed by atoms with Gasteiger partial charge < -0.3 is 15.0 Å². The van der Waals surface area contributed by atoms with Crippen molar-refractivity contribution >= 4 is 38.5 Å². The van der Waals surface area contributed by atoms with Gasteiger partial charge in [0.15, 0.2) is 5.13 Å². The van der Waals surface area contributed by atoms with Gasteiger partial charge in [0, 0.05) is 26.1 Å². The van der Waals surface area contributed by atoms with Crippen molar-refractivity contribution in [3.05, 3.63) is 17.9 Å². The van der Waals surface area contributed by atoms with Gasteiger partial charge in [-0.05, 0) is 12.5 Å². The molecule has 2 aromatic rings. The van der Waals surface area contributed by atoms with Crippen molar-refractivity contribution < 1.29 is 18.7 Å². The molecule has 6 nitrogen and oxygen atoms in total. The van der Waals surface area contributed by atoms with Crippen LogP contribution in [0.15, 0.2) is 12.1 Å². The van der Waals surface area contributed by atoms with Crippen LogP contribution in [0.5, 0.6) is 5.75 Å². The Morgan fingerprint density at radius 2 is 2.26 bits per heavy atom. The molecule has 1 fully saturated rings. The van der Waals surface area contributed by atoms with E-state index in [-0.39, 0.29) is 17.7 Å². The molecule has 1 saturated heterocycles. The molecule has 0 aliphatic carbocycles. The van der Waals surface area contributed by atoms with Crippen LogP contribution in [-0.4, -0.2) is 41.9 Å². The highest BCUT2D eigenvalue weighted by Crippen LogP contribution is 2.33. The molecular formula is C15H16FN3O3S. The van der Waals surface area contributed by atoms with Crippen LogP contribution in [0, 0.1) is 11.7 Å². The number of likely N-dealkylation sites (tertiary alicyclic amines) is 1. The number of carbonyl (C=O) groups is 2. The molecule has 1 aliphatic rings. The summed E-state index contributed by atoms with van der Waals surface area (Å²) < 4.78 is 19.2. The first-order valence-electron chi connectivity index (χ1n) is 7.18. The summed E-state index contributed by atoms with van der Waals surface area (Å²) in [7, 11) is 1.45. The first-order valence-corrected chi connectivity index (χ1v) is 8.00. The van der Waals surface area contributed by atoms with Gasteiger partial charge in [0.25, 0.3) is 0 Å². The van der Waals surface area contributed by atoms with Crippen molar-refractivity contribution in [1.29, 1.82) is 0 Å². The predicted octanol–water partition coefficient (Wildman–Crippen LogP) is 2.25. The topological polar surface area (TPSA) is 71.5 Å². The fourth-order valence-corrected chi connectivity index (χ4v) is 3.55. The summed E-state index contributed by atoms with van der Waals surface area (Å²) in [4.78, 5) is 29.6. The highest BCUT2D eigenvalue weighted by molar-refractivity contribution is 7.22. The van der Waals surface area contributed by atoms with E-state index in [1.54, 1.807) is 4.90 Å². The van der Waals surface area contributed by atoms with E-state index in [1.807, 2.05) is 0 Å². The lowest BCUT2D eigenvalue weighted by Gasteiger charge is -2.13. The van der Waals surface area contributed by atoms with Gasteiger partial charge in [-0.2, -0.15) is 0 Å². The van der Waals surface area contributed by atoms with Crippen molar-refractivity contribution in [3.8, 4) is 5.75 Å². The third-order valence-corrected chi connectivity index (χ3v) is 4.80. The number of thiazole rings is 1. The van der Waals surface area contributed by atoms with Crippen LogP contribution in [0.2, 0.25) is 0 Å². The van der Waals surface area contributed by atoms with Gasteiger partial charge in [-0.25, -0.2) is 9.37 Å². The van der Waals surface area contributed by atoms with Gasteiger partial charge in [-0.3, -0.25) is 9.59 Å². The Morgan fingerprint density at radius 1 is 1.48 bits per heavy atom. The molecule has 23 heavy (non-hydrogen) atoms. The van der Waals surface area contributed by atoms with Gasteiger partial charge in [0.1, 0.15) is 17.1 Å². The molecule has 1 aromatic heterocycles. The summed E-state index contributed by atoms with van der Waals surface area (Å²) >= 11 is 1.19. The Morgan fingerprint density at radius 3 is 2.91 bits per heavy atom. The maximum absolute atomic E-state index is 13.5. The molecule has 1 aromatic carbocycles. The number of nitrogens with zero attached hydrogens (tertiary/aromatic N) is 2. The Kier molecular flexibility index (Phi) is 4.16. The zero-order chi connectivity index (χ0) is 16.6. The highest BCUT2D eigenvalue weighted by atomic mass is 32.1. The van der Waals surface area contributed by atoms with E-state index in [4.69, 9.17) is 4.74 Å². The molecule has 1 atom stereocenters. The number of fused-ring (bicyclic) bond motifs is 1. The molecule has 0 bridgehead atoms. The second kappa shape index (κ2) is 6.11. The fourth-order valence-electron chi connectivity index (χ4n) is 2.64. The van der Waals surface area contributed by atoms with Crippen molar-refractivity contribution in [2.24, 2.45) is 5.92 Å². The van der Waals surface area contributed by atoms with E-state index < -0.39 is 5.82 Å². The Hall–Kier alpha value is -2.22. The number of hydrogen-bond acceptors (Lipinski definition) is 5. The lowest BCUT2D eigenvalue weighted by Crippen LogP contribution is -2.29. The molecule has 8 heteroatoms. The summed E-state index contributed by atoms with van der Waals surface area (Å²) in [5.41, 5.74) is 0.519. The third kappa shape index (κ3) is 3.12. The second-order valence-corrected chi connectivity index (χ2v) is 6.44. The van der Waals surface area contributed by atoms with Gasteiger partial charge in [-0.1, -0.05) is 11.3 Å². The maximum atomic E-state index is 13.5. The zero-order valence-electron chi connectivity index (χ0n) is 12.8.